The minimum absolute atomic E-state index is 0.0821. The molecule has 0 unspecified atom stereocenters. The quantitative estimate of drug-likeness (QED) is 0.796. The number of rotatable bonds is 5. The van der Waals surface area contributed by atoms with Gasteiger partial charge >= 0.3 is 5.97 Å². The first kappa shape index (κ1) is 18.3. The number of carbonyl (C=O) groups excluding carboxylic acids is 3. The largest absolute Gasteiger partial charge is 0.443 e. The van der Waals surface area contributed by atoms with Crippen molar-refractivity contribution in [2.24, 2.45) is 5.10 Å². The Labute approximate surface area is 156 Å². The SMILES string of the molecule is Cc1ccc(NC(=O)[C@@H](OC(=O)C2=NNC(=O)CC2)c2ccccc2)cc1. The number of ether oxygens (including phenoxy) is 1. The molecule has 0 bridgehead atoms. The summed E-state index contributed by atoms with van der Waals surface area (Å²) in [7, 11) is 0. The fourth-order valence-corrected chi connectivity index (χ4v) is 2.54. The zero-order valence-corrected chi connectivity index (χ0v) is 14.8. The highest BCUT2D eigenvalue weighted by Gasteiger charge is 2.28. The molecule has 27 heavy (non-hydrogen) atoms. The van der Waals surface area contributed by atoms with E-state index in [0.29, 0.717) is 11.3 Å². The third kappa shape index (κ3) is 4.78. The molecule has 0 aliphatic carbocycles. The predicted molar refractivity (Wildman–Crippen MR) is 99.9 cm³/mol. The van der Waals surface area contributed by atoms with Crippen molar-refractivity contribution >= 4 is 29.2 Å². The van der Waals surface area contributed by atoms with Gasteiger partial charge in [0.1, 0.15) is 5.71 Å². The van der Waals surface area contributed by atoms with Crippen LogP contribution in [-0.4, -0.2) is 23.5 Å². The molecular formula is C20H19N3O4. The van der Waals surface area contributed by atoms with Crippen molar-refractivity contribution in [3.8, 4) is 0 Å². The van der Waals surface area contributed by atoms with Gasteiger partial charge in [-0.05, 0) is 19.1 Å². The topological polar surface area (TPSA) is 96.9 Å². The number of aryl methyl sites for hydroxylation is 1. The van der Waals surface area contributed by atoms with Crippen molar-refractivity contribution in [3.05, 3.63) is 65.7 Å². The second-order valence-corrected chi connectivity index (χ2v) is 6.14. The first-order valence-electron chi connectivity index (χ1n) is 8.52. The second-order valence-electron chi connectivity index (χ2n) is 6.14. The van der Waals surface area contributed by atoms with Crippen molar-refractivity contribution in [2.45, 2.75) is 25.9 Å². The van der Waals surface area contributed by atoms with E-state index in [1.807, 2.05) is 19.1 Å². The van der Waals surface area contributed by atoms with Crippen LogP contribution >= 0.6 is 0 Å². The van der Waals surface area contributed by atoms with E-state index in [1.165, 1.54) is 0 Å². The molecule has 1 aliphatic heterocycles. The molecule has 2 aromatic carbocycles. The van der Waals surface area contributed by atoms with E-state index < -0.39 is 18.0 Å². The maximum absolute atomic E-state index is 12.8. The number of anilines is 1. The Morgan fingerprint density at radius 1 is 1.07 bits per heavy atom. The highest BCUT2D eigenvalue weighted by Crippen LogP contribution is 2.21. The van der Waals surface area contributed by atoms with Gasteiger partial charge in [0.2, 0.25) is 12.0 Å². The Balaban J connectivity index is 1.78. The molecule has 1 aliphatic rings. The maximum Gasteiger partial charge on any atom is 0.355 e. The van der Waals surface area contributed by atoms with Crippen molar-refractivity contribution in [2.75, 3.05) is 5.32 Å². The number of nitrogens with one attached hydrogen (secondary N) is 2. The lowest BCUT2D eigenvalue weighted by molar-refractivity contribution is -0.148. The minimum atomic E-state index is -1.14. The Morgan fingerprint density at radius 3 is 2.41 bits per heavy atom. The number of hydrogen-bond acceptors (Lipinski definition) is 5. The molecule has 3 rings (SSSR count). The van der Waals surface area contributed by atoms with E-state index in [9.17, 15) is 14.4 Å². The van der Waals surface area contributed by atoms with E-state index in [4.69, 9.17) is 4.74 Å². The van der Waals surface area contributed by atoms with Gasteiger partial charge in [-0.15, -0.1) is 0 Å². The molecule has 1 atom stereocenters. The summed E-state index contributed by atoms with van der Waals surface area (Å²) in [6.07, 6.45) is -0.814. The molecule has 0 aromatic heterocycles. The lowest BCUT2D eigenvalue weighted by Gasteiger charge is -2.19. The van der Waals surface area contributed by atoms with Crippen LogP contribution in [-0.2, 0) is 19.1 Å². The molecular weight excluding hydrogens is 346 g/mol. The number of amides is 2. The van der Waals surface area contributed by atoms with E-state index in [0.717, 1.165) is 5.56 Å². The average Bonchev–Trinajstić information content (AvgIpc) is 2.69. The van der Waals surface area contributed by atoms with Crippen molar-refractivity contribution in [3.63, 3.8) is 0 Å². The smallest absolute Gasteiger partial charge is 0.355 e. The number of carbonyl (C=O) groups is 3. The molecule has 138 valence electrons. The zero-order valence-electron chi connectivity index (χ0n) is 14.8. The molecule has 2 amide bonds. The van der Waals surface area contributed by atoms with Gasteiger partial charge in [0.25, 0.3) is 5.91 Å². The second kappa shape index (κ2) is 8.27. The summed E-state index contributed by atoms with van der Waals surface area (Å²) in [6, 6.07) is 16.0. The van der Waals surface area contributed by atoms with Gasteiger partial charge in [-0.2, -0.15) is 5.10 Å². The first-order valence-corrected chi connectivity index (χ1v) is 8.52. The lowest BCUT2D eigenvalue weighted by atomic mass is 10.1. The molecule has 0 saturated heterocycles. The van der Waals surface area contributed by atoms with Crippen molar-refractivity contribution in [1.82, 2.24) is 5.43 Å². The van der Waals surface area contributed by atoms with Gasteiger partial charge in [0.05, 0.1) is 0 Å². The molecule has 0 saturated carbocycles. The van der Waals surface area contributed by atoms with Crippen LogP contribution in [0.1, 0.15) is 30.1 Å². The monoisotopic (exact) mass is 365 g/mol. The predicted octanol–water partition coefficient (Wildman–Crippen LogP) is 2.48. The number of hydrazone groups is 1. The summed E-state index contributed by atoms with van der Waals surface area (Å²) in [6.45, 7) is 1.95. The van der Waals surface area contributed by atoms with Gasteiger partial charge < -0.3 is 10.1 Å². The first-order chi connectivity index (χ1) is 13.0. The van der Waals surface area contributed by atoms with E-state index >= 15 is 0 Å². The maximum atomic E-state index is 12.8. The molecule has 7 nitrogen and oxygen atoms in total. The van der Waals surface area contributed by atoms with Gasteiger partial charge in [0.15, 0.2) is 0 Å². The summed E-state index contributed by atoms with van der Waals surface area (Å²) in [4.78, 5) is 36.4. The molecule has 7 heteroatoms. The van der Waals surface area contributed by atoms with Gasteiger partial charge in [-0.3, -0.25) is 9.59 Å². The lowest BCUT2D eigenvalue weighted by Crippen LogP contribution is -2.33. The van der Waals surface area contributed by atoms with Crippen molar-refractivity contribution in [1.29, 1.82) is 0 Å². The Kier molecular flexibility index (Phi) is 5.61. The van der Waals surface area contributed by atoms with Gasteiger partial charge in [-0.1, -0.05) is 48.0 Å². The van der Waals surface area contributed by atoms with Crippen LogP contribution in [0.4, 0.5) is 5.69 Å². The fraction of sp³-hybridized carbons (Fsp3) is 0.200. The summed E-state index contributed by atoms with van der Waals surface area (Å²) >= 11 is 0. The van der Waals surface area contributed by atoms with E-state index in [2.05, 4.69) is 15.8 Å². The zero-order chi connectivity index (χ0) is 19.2. The molecule has 0 fully saturated rings. The highest BCUT2D eigenvalue weighted by atomic mass is 16.5. The van der Waals surface area contributed by atoms with Crippen LogP contribution in [0, 0.1) is 6.92 Å². The molecule has 0 spiro atoms. The minimum Gasteiger partial charge on any atom is -0.443 e. The molecule has 2 aromatic rings. The Morgan fingerprint density at radius 2 is 1.78 bits per heavy atom. The standard InChI is InChI=1S/C20H19N3O4/c1-13-7-9-15(10-8-13)21-19(25)18(14-5-3-2-4-6-14)27-20(26)16-11-12-17(24)23-22-16/h2-10,18H,11-12H2,1H3,(H,21,25)(H,23,24)/t18-/m0/s1. The summed E-state index contributed by atoms with van der Waals surface area (Å²) in [5, 5.41) is 6.48. The number of nitrogens with zero attached hydrogens (tertiary/aromatic N) is 1. The normalized spacial score (nSPS) is 14.6. The summed E-state index contributed by atoms with van der Waals surface area (Å²) < 4.78 is 5.44. The number of benzene rings is 2. The van der Waals surface area contributed by atoms with Gasteiger partial charge in [0, 0.05) is 24.1 Å². The highest BCUT2D eigenvalue weighted by molar-refractivity contribution is 6.37. The van der Waals surface area contributed by atoms with E-state index in [-0.39, 0.29) is 24.5 Å². The Bertz CT molecular complexity index is 876. The molecule has 0 radical (unpaired) electrons. The van der Waals surface area contributed by atoms with Crippen molar-refractivity contribution < 1.29 is 19.1 Å². The average molecular weight is 365 g/mol. The molecule has 2 N–H and O–H groups in total. The van der Waals surface area contributed by atoms with Crippen LogP contribution in [0.3, 0.4) is 0 Å². The Hall–Kier alpha value is -3.48. The van der Waals surface area contributed by atoms with Gasteiger partial charge in [-0.25, -0.2) is 10.2 Å². The van der Waals surface area contributed by atoms with Crippen LogP contribution in [0.2, 0.25) is 0 Å². The summed E-state index contributed by atoms with van der Waals surface area (Å²) in [5.41, 5.74) is 4.54. The van der Waals surface area contributed by atoms with Crippen LogP contribution in [0.15, 0.2) is 59.7 Å². The molecule has 1 heterocycles. The number of esters is 1. The third-order valence-corrected chi connectivity index (χ3v) is 4.02. The van der Waals surface area contributed by atoms with Crippen LogP contribution in [0.5, 0.6) is 0 Å². The summed E-state index contributed by atoms with van der Waals surface area (Å²) in [5.74, 6) is -1.47. The fourth-order valence-electron chi connectivity index (χ4n) is 2.54. The van der Waals surface area contributed by atoms with E-state index in [1.54, 1.807) is 42.5 Å². The third-order valence-electron chi connectivity index (χ3n) is 4.02. The van der Waals surface area contributed by atoms with Crippen LogP contribution < -0.4 is 10.7 Å². The number of hydrogen-bond donors (Lipinski definition) is 2. The van der Waals surface area contributed by atoms with Crippen LogP contribution in [0.25, 0.3) is 0 Å².